The van der Waals surface area contributed by atoms with Gasteiger partial charge in [0.05, 0.1) is 4.90 Å². The fraction of sp³-hybridized carbons (Fsp3) is 0.143. The Morgan fingerprint density at radius 3 is 2.58 bits per heavy atom. The maximum atomic E-state index is 12.2. The Balaban J connectivity index is 2.35. The molecule has 0 amide bonds. The molecule has 3 N–H and O–H groups in total. The molecule has 2 aromatic rings. The Hall–Kier alpha value is -1.69. The minimum absolute atomic E-state index is 0.239. The third kappa shape index (κ3) is 3.20. The number of benzene rings is 2. The van der Waals surface area contributed by atoms with Gasteiger partial charge in [0.25, 0.3) is 0 Å². The molecular weight excluding hydrogens is 260 g/mol. The summed E-state index contributed by atoms with van der Waals surface area (Å²) in [5.41, 5.74) is 5.30. The van der Waals surface area contributed by atoms with Crippen LogP contribution >= 0.6 is 0 Å². The third-order valence-corrected chi connectivity index (χ3v) is 4.21. The average molecular weight is 276 g/mol. The Kier molecular flexibility index (Phi) is 4.31. The zero-order valence-electron chi connectivity index (χ0n) is 10.4. The van der Waals surface area contributed by atoms with E-state index in [2.05, 4.69) is 4.72 Å². The summed E-state index contributed by atoms with van der Waals surface area (Å²) in [7, 11) is -3.51. The molecule has 0 aromatic heterocycles. The standard InChI is InChI=1S/C14H16N2O2S/c15-10-3-4-11-16-19(17,18)14-9-5-7-12-6-1-2-8-13(12)14/h1-9,16H,10-11,15H2/b4-3+. The van der Waals surface area contributed by atoms with Crippen molar-refractivity contribution in [3.63, 3.8) is 0 Å². The van der Waals surface area contributed by atoms with Crippen LogP contribution in [0.25, 0.3) is 10.8 Å². The second kappa shape index (κ2) is 5.97. The van der Waals surface area contributed by atoms with Gasteiger partial charge in [-0.3, -0.25) is 0 Å². The fourth-order valence-corrected chi connectivity index (χ4v) is 3.05. The van der Waals surface area contributed by atoms with Crippen molar-refractivity contribution in [1.82, 2.24) is 4.72 Å². The van der Waals surface area contributed by atoms with Gasteiger partial charge in [-0.05, 0) is 11.5 Å². The quantitative estimate of drug-likeness (QED) is 0.815. The Bertz CT molecular complexity index is 688. The van der Waals surface area contributed by atoms with Crippen molar-refractivity contribution in [1.29, 1.82) is 0 Å². The lowest BCUT2D eigenvalue weighted by Crippen LogP contribution is -2.24. The van der Waals surface area contributed by atoms with E-state index < -0.39 is 10.0 Å². The Morgan fingerprint density at radius 2 is 1.79 bits per heavy atom. The van der Waals surface area contributed by atoms with E-state index in [1.54, 1.807) is 30.4 Å². The summed E-state index contributed by atoms with van der Waals surface area (Å²) < 4.78 is 27.0. The minimum Gasteiger partial charge on any atom is -0.327 e. The summed E-state index contributed by atoms with van der Waals surface area (Å²) >= 11 is 0. The van der Waals surface area contributed by atoms with Gasteiger partial charge in [-0.1, -0.05) is 48.6 Å². The topological polar surface area (TPSA) is 72.2 Å². The lowest BCUT2D eigenvalue weighted by atomic mass is 10.1. The number of hydrogen-bond acceptors (Lipinski definition) is 3. The maximum Gasteiger partial charge on any atom is 0.241 e. The predicted molar refractivity (Wildman–Crippen MR) is 77.3 cm³/mol. The van der Waals surface area contributed by atoms with Crippen LogP contribution in [0.15, 0.2) is 59.5 Å². The first-order chi connectivity index (χ1) is 9.15. The van der Waals surface area contributed by atoms with Crippen LogP contribution < -0.4 is 10.5 Å². The van der Waals surface area contributed by atoms with E-state index in [1.807, 2.05) is 24.3 Å². The van der Waals surface area contributed by atoms with Crippen molar-refractivity contribution in [2.45, 2.75) is 4.90 Å². The molecule has 0 radical (unpaired) electrons. The average Bonchev–Trinajstić information content (AvgIpc) is 2.43. The molecule has 100 valence electrons. The second-order valence-electron chi connectivity index (χ2n) is 4.04. The van der Waals surface area contributed by atoms with Crippen molar-refractivity contribution in [3.8, 4) is 0 Å². The minimum atomic E-state index is -3.51. The molecule has 2 rings (SSSR count). The molecule has 0 saturated carbocycles. The number of hydrogen-bond donors (Lipinski definition) is 2. The molecule has 5 heteroatoms. The fourth-order valence-electron chi connectivity index (χ4n) is 1.85. The van der Waals surface area contributed by atoms with Gasteiger partial charge in [0.2, 0.25) is 10.0 Å². The van der Waals surface area contributed by atoms with E-state index in [0.29, 0.717) is 11.4 Å². The third-order valence-electron chi connectivity index (χ3n) is 2.73. The zero-order valence-corrected chi connectivity index (χ0v) is 11.2. The van der Waals surface area contributed by atoms with Crippen LogP contribution in [-0.4, -0.2) is 21.5 Å². The van der Waals surface area contributed by atoms with Gasteiger partial charge in [0.15, 0.2) is 0 Å². The summed E-state index contributed by atoms with van der Waals surface area (Å²) in [5, 5.41) is 1.63. The van der Waals surface area contributed by atoms with Crippen LogP contribution in [0.1, 0.15) is 0 Å². The zero-order chi connectivity index (χ0) is 13.7. The van der Waals surface area contributed by atoms with Gasteiger partial charge in [0, 0.05) is 18.5 Å². The van der Waals surface area contributed by atoms with E-state index >= 15 is 0 Å². The largest absolute Gasteiger partial charge is 0.327 e. The van der Waals surface area contributed by atoms with Crippen LogP contribution in [0.3, 0.4) is 0 Å². The van der Waals surface area contributed by atoms with Crippen LogP contribution in [0.5, 0.6) is 0 Å². The molecule has 0 aliphatic rings. The lowest BCUT2D eigenvalue weighted by molar-refractivity contribution is 0.586. The van der Waals surface area contributed by atoms with Crippen LogP contribution in [-0.2, 0) is 10.0 Å². The molecule has 0 fully saturated rings. The van der Waals surface area contributed by atoms with Crippen molar-refractivity contribution in [2.24, 2.45) is 5.73 Å². The number of sulfonamides is 1. The Morgan fingerprint density at radius 1 is 1.05 bits per heavy atom. The monoisotopic (exact) mass is 276 g/mol. The van der Waals surface area contributed by atoms with E-state index in [4.69, 9.17) is 5.73 Å². The molecule has 0 unspecified atom stereocenters. The van der Waals surface area contributed by atoms with Crippen molar-refractivity contribution >= 4 is 20.8 Å². The highest BCUT2D eigenvalue weighted by atomic mass is 32.2. The van der Waals surface area contributed by atoms with E-state index in [9.17, 15) is 8.42 Å². The first-order valence-electron chi connectivity index (χ1n) is 5.97. The molecule has 0 aliphatic carbocycles. The predicted octanol–water partition coefficient (Wildman–Crippen LogP) is 1.63. The van der Waals surface area contributed by atoms with E-state index in [0.717, 1.165) is 10.8 Å². The molecule has 0 atom stereocenters. The van der Waals surface area contributed by atoms with Crippen molar-refractivity contribution in [3.05, 3.63) is 54.6 Å². The van der Waals surface area contributed by atoms with Crippen LogP contribution in [0.2, 0.25) is 0 Å². The number of rotatable bonds is 5. The first-order valence-corrected chi connectivity index (χ1v) is 7.46. The molecule has 0 saturated heterocycles. The molecule has 4 nitrogen and oxygen atoms in total. The molecule has 19 heavy (non-hydrogen) atoms. The summed E-state index contributed by atoms with van der Waals surface area (Å²) in [6.07, 6.45) is 3.41. The second-order valence-corrected chi connectivity index (χ2v) is 5.77. The Labute approximate surface area is 113 Å². The van der Waals surface area contributed by atoms with Crippen LogP contribution in [0, 0.1) is 0 Å². The molecular formula is C14H16N2O2S. The number of nitrogens with one attached hydrogen (secondary N) is 1. The van der Waals surface area contributed by atoms with Gasteiger partial charge in [-0.25, -0.2) is 13.1 Å². The van der Waals surface area contributed by atoms with E-state index in [1.165, 1.54) is 0 Å². The smallest absolute Gasteiger partial charge is 0.241 e. The van der Waals surface area contributed by atoms with Gasteiger partial charge < -0.3 is 5.73 Å². The molecule has 2 aromatic carbocycles. The lowest BCUT2D eigenvalue weighted by Gasteiger charge is -2.08. The SMILES string of the molecule is NC/C=C/CNS(=O)(=O)c1cccc2ccccc12. The maximum absolute atomic E-state index is 12.2. The highest BCUT2D eigenvalue weighted by Gasteiger charge is 2.15. The van der Waals surface area contributed by atoms with Gasteiger partial charge in [-0.2, -0.15) is 0 Å². The molecule has 0 spiro atoms. The van der Waals surface area contributed by atoms with Gasteiger partial charge in [-0.15, -0.1) is 0 Å². The highest BCUT2D eigenvalue weighted by molar-refractivity contribution is 7.89. The molecule has 0 aliphatic heterocycles. The summed E-state index contributed by atoms with van der Waals surface area (Å²) in [6, 6.07) is 12.7. The molecule has 0 bridgehead atoms. The van der Waals surface area contributed by atoms with Crippen LogP contribution in [0.4, 0.5) is 0 Å². The highest BCUT2D eigenvalue weighted by Crippen LogP contribution is 2.22. The van der Waals surface area contributed by atoms with Gasteiger partial charge >= 0.3 is 0 Å². The normalized spacial score (nSPS) is 12.3. The first kappa shape index (κ1) is 13.7. The number of fused-ring (bicyclic) bond motifs is 1. The molecule has 0 heterocycles. The summed E-state index contributed by atoms with van der Waals surface area (Å²) in [6.45, 7) is 0.638. The van der Waals surface area contributed by atoms with Crippen molar-refractivity contribution < 1.29 is 8.42 Å². The van der Waals surface area contributed by atoms with E-state index in [-0.39, 0.29) is 6.54 Å². The van der Waals surface area contributed by atoms with Gasteiger partial charge in [0.1, 0.15) is 0 Å². The number of nitrogens with two attached hydrogens (primary N) is 1. The summed E-state index contributed by atoms with van der Waals surface area (Å²) in [4.78, 5) is 0.298. The summed E-state index contributed by atoms with van der Waals surface area (Å²) in [5.74, 6) is 0. The van der Waals surface area contributed by atoms with Crippen molar-refractivity contribution in [2.75, 3.05) is 13.1 Å².